The van der Waals surface area contributed by atoms with Crippen molar-refractivity contribution in [3.63, 3.8) is 0 Å². The van der Waals surface area contributed by atoms with E-state index in [0.717, 1.165) is 0 Å². The molecule has 2 amide bonds. The van der Waals surface area contributed by atoms with E-state index < -0.39 is 0 Å². The second-order valence-electron chi connectivity index (χ2n) is 3.29. The topological polar surface area (TPSA) is 49.4 Å². The van der Waals surface area contributed by atoms with Crippen LogP contribution >= 0.6 is 0 Å². The fraction of sp³-hybridized carbons (Fsp3) is 0.750. The summed E-state index contributed by atoms with van der Waals surface area (Å²) in [4.78, 5) is 24.1. The lowest BCUT2D eigenvalue weighted by molar-refractivity contribution is -0.133. The highest BCUT2D eigenvalue weighted by atomic mass is 16.2. The Kier molecular flexibility index (Phi) is 2.35. The van der Waals surface area contributed by atoms with E-state index in [1.54, 1.807) is 18.9 Å². The third kappa shape index (κ3) is 1.57. The highest BCUT2D eigenvalue weighted by Crippen LogP contribution is 2.07. The molecule has 1 fully saturated rings. The highest BCUT2D eigenvalue weighted by molar-refractivity contribution is 5.89. The van der Waals surface area contributed by atoms with Gasteiger partial charge in [-0.25, -0.2) is 0 Å². The molecule has 4 heteroatoms. The standard InChI is InChI=1S/C8H14N2O2/c1-5-4-7(11)9-6(2)8(12)10(5)3/h5-6H,4H2,1-3H3,(H,9,11). The first-order valence-electron chi connectivity index (χ1n) is 4.08. The van der Waals surface area contributed by atoms with Crippen LogP contribution in [0.2, 0.25) is 0 Å². The summed E-state index contributed by atoms with van der Waals surface area (Å²) in [7, 11) is 1.73. The van der Waals surface area contributed by atoms with E-state index in [2.05, 4.69) is 5.32 Å². The number of likely N-dealkylation sites (N-methyl/N-ethyl adjacent to an activating group) is 1. The number of hydrogen-bond acceptors (Lipinski definition) is 2. The maximum atomic E-state index is 11.4. The predicted octanol–water partition coefficient (Wildman–Crippen LogP) is -0.258. The Morgan fingerprint density at radius 2 is 2.00 bits per heavy atom. The average molecular weight is 170 g/mol. The summed E-state index contributed by atoms with van der Waals surface area (Å²) >= 11 is 0. The molecule has 1 aliphatic rings. The van der Waals surface area contributed by atoms with Crippen molar-refractivity contribution >= 4 is 11.8 Å². The SMILES string of the molecule is CC1NC(=O)CC(C)N(C)C1=O. The molecule has 12 heavy (non-hydrogen) atoms. The summed E-state index contributed by atoms with van der Waals surface area (Å²) in [5.74, 6) is -0.0685. The molecule has 0 aromatic heterocycles. The quantitative estimate of drug-likeness (QED) is 0.544. The average Bonchev–Trinajstić information content (AvgIpc) is 2.05. The number of carbonyl (C=O) groups is 2. The summed E-state index contributed by atoms with van der Waals surface area (Å²) in [6.07, 6.45) is 0.395. The number of amides is 2. The molecule has 0 spiro atoms. The van der Waals surface area contributed by atoms with Crippen molar-refractivity contribution in [1.29, 1.82) is 0 Å². The number of hydrogen-bond donors (Lipinski definition) is 1. The fourth-order valence-electron chi connectivity index (χ4n) is 1.29. The first-order chi connectivity index (χ1) is 5.52. The molecule has 68 valence electrons. The summed E-state index contributed by atoms with van der Waals surface area (Å²) in [5.41, 5.74) is 0. The van der Waals surface area contributed by atoms with Gasteiger partial charge in [-0.1, -0.05) is 0 Å². The van der Waals surface area contributed by atoms with Crippen LogP contribution in [0.25, 0.3) is 0 Å². The van der Waals surface area contributed by atoms with Gasteiger partial charge in [-0.3, -0.25) is 9.59 Å². The first kappa shape index (κ1) is 9.03. The minimum absolute atomic E-state index is 0.00227. The Morgan fingerprint density at radius 1 is 1.42 bits per heavy atom. The predicted molar refractivity (Wildman–Crippen MR) is 44.5 cm³/mol. The third-order valence-electron chi connectivity index (χ3n) is 2.24. The number of nitrogens with zero attached hydrogens (tertiary/aromatic N) is 1. The largest absolute Gasteiger partial charge is 0.345 e. The van der Waals surface area contributed by atoms with Gasteiger partial charge >= 0.3 is 0 Å². The lowest BCUT2D eigenvalue weighted by Gasteiger charge is -2.22. The lowest BCUT2D eigenvalue weighted by Crippen LogP contribution is -2.42. The monoisotopic (exact) mass is 170 g/mol. The number of rotatable bonds is 0. The summed E-state index contributed by atoms with van der Waals surface area (Å²) in [6.45, 7) is 3.57. The molecule has 1 aliphatic heterocycles. The minimum Gasteiger partial charge on any atom is -0.345 e. The molecule has 2 atom stereocenters. The highest BCUT2D eigenvalue weighted by Gasteiger charge is 2.28. The van der Waals surface area contributed by atoms with Gasteiger partial charge in [-0.15, -0.1) is 0 Å². The molecule has 1 heterocycles. The molecule has 4 nitrogen and oxygen atoms in total. The molecule has 0 aromatic rings. The van der Waals surface area contributed by atoms with Gasteiger partial charge in [0.25, 0.3) is 0 Å². The maximum absolute atomic E-state index is 11.4. The van der Waals surface area contributed by atoms with E-state index in [-0.39, 0.29) is 23.9 Å². The number of carbonyl (C=O) groups excluding carboxylic acids is 2. The van der Waals surface area contributed by atoms with Crippen molar-refractivity contribution in [3.8, 4) is 0 Å². The second kappa shape index (κ2) is 3.13. The Morgan fingerprint density at radius 3 is 2.58 bits per heavy atom. The minimum atomic E-state index is -0.382. The van der Waals surface area contributed by atoms with E-state index in [0.29, 0.717) is 6.42 Å². The van der Waals surface area contributed by atoms with Gasteiger partial charge in [-0.2, -0.15) is 0 Å². The zero-order valence-corrected chi connectivity index (χ0v) is 7.63. The van der Waals surface area contributed by atoms with E-state index in [1.165, 1.54) is 0 Å². The smallest absolute Gasteiger partial charge is 0.244 e. The molecular formula is C8H14N2O2. The van der Waals surface area contributed by atoms with Crippen molar-refractivity contribution in [2.45, 2.75) is 32.4 Å². The molecule has 0 saturated carbocycles. The van der Waals surface area contributed by atoms with Gasteiger partial charge in [0.15, 0.2) is 0 Å². The second-order valence-corrected chi connectivity index (χ2v) is 3.29. The van der Waals surface area contributed by atoms with Crippen LogP contribution in [0, 0.1) is 0 Å². The van der Waals surface area contributed by atoms with Crippen LogP contribution in [0.15, 0.2) is 0 Å². The van der Waals surface area contributed by atoms with E-state index >= 15 is 0 Å². The zero-order valence-electron chi connectivity index (χ0n) is 7.63. The van der Waals surface area contributed by atoms with E-state index in [4.69, 9.17) is 0 Å². The van der Waals surface area contributed by atoms with E-state index in [1.807, 2.05) is 6.92 Å². The maximum Gasteiger partial charge on any atom is 0.244 e. The van der Waals surface area contributed by atoms with Crippen LogP contribution in [0.3, 0.4) is 0 Å². The summed E-state index contributed by atoms with van der Waals surface area (Å²) < 4.78 is 0. The zero-order chi connectivity index (χ0) is 9.30. The molecule has 1 rings (SSSR count). The molecule has 0 aromatic carbocycles. The Labute approximate surface area is 71.9 Å². The van der Waals surface area contributed by atoms with Crippen molar-refractivity contribution < 1.29 is 9.59 Å². The van der Waals surface area contributed by atoms with Crippen molar-refractivity contribution in [3.05, 3.63) is 0 Å². The molecule has 0 radical (unpaired) electrons. The molecule has 2 unspecified atom stereocenters. The van der Waals surface area contributed by atoms with Gasteiger partial charge in [-0.05, 0) is 13.8 Å². The Bertz CT molecular complexity index is 215. The van der Waals surface area contributed by atoms with Crippen LogP contribution in [-0.2, 0) is 9.59 Å². The van der Waals surface area contributed by atoms with Crippen molar-refractivity contribution in [2.24, 2.45) is 0 Å². The number of nitrogens with one attached hydrogen (secondary N) is 1. The van der Waals surface area contributed by atoms with Gasteiger partial charge < -0.3 is 10.2 Å². The van der Waals surface area contributed by atoms with Crippen molar-refractivity contribution in [2.75, 3.05) is 7.05 Å². The van der Waals surface area contributed by atoms with Crippen LogP contribution < -0.4 is 5.32 Å². The van der Waals surface area contributed by atoms with Crippen LogP contribution in [-0.4, -0.2) is 35.8 Å². The van der Waals surface area contributed by atoms with Gasteiger partial charge in [0, 0.05) is 19.5 Å². The molecule has 1 N–H and O–H groups in total. The van der Waals surface area contributed by atoms with Crippen LogP contribution in [0.1, 0.15) is 20.3 Å². The fourth-order valence-corrected chi connectivity index (χ4v) is 1.29. The van der Waals surface area contributed by atoms with Crippen LogP contribution in [0.4, 0.5) is 0 Å². The van der Waals surface area contributed by atoms with Crippen LogP contribution in [0.5, 0.6) is 0 Å². The van der Waals surface area contributed by atoms with Crippen molar-refractivity contribution in [1.82, 2.24) is 10.2 Å². The summed E-state index contributed by atoms with van der Waals surface area (Å²) in [6, 6.07) is -0.380. The molecule has 0 aliphatic carbocycles. The summed E-state index contributed by atoms with van der Waals surface area (Å²) in [5, 5.41) is 2.62. The molecule has 1 saturated heterocycles. The Balaban J connectivity index is 2.80. The van der Waals surface area contributed by atoms with Gasteiger partial charge in [0.2, 0.25) is 11.8 Å². The molecule has 0 bridgehead atoms. The third-order valence-corrected chi connectivity index (χ3v) is 2.24. The normalized spacial score (nSPS) is 31.4. The lowest BCUT2D eigenvalue weighted by atomic mass is 10.2. The van der Waals surface area contributed by atoms with Gasteiger partial charge in [0.1, 0.15) is 6.04 Å². The van der Waals surface area contributed by atoms with Gasteiger partial charge in [0.05, 0.1) is 0 Å². The Hall–Kier alpha value is -1.06. The molecular weight excluding hydrogens is 156 g/mol. The first-order valence-corrected chi connectivity index (χ1v) is 4.08. The van der Waals surface area contributed by atoms with E-state index in [9.17, 15) is 9.59 Å².